The Morgan fingerprint density at radius 1 is 1.58 bits per heavy atom. The zero-order chi connectivity index (χ0) is 14.2. The summed E-state index contributed by atoms with van der Waals surface area (Å²) in [4.78, 5) is 1.39. The molecule has 2 N–H and O–H groups in total. The Kier molecular flexibility index (Phi) is 4.67. The third kappa shape index (κ3) is 3.02. The summed E-state index contributed by atoms with van der Waals surface area (Å²) in [6.45, 7) is 2.29. The van der Waals surface area contributed by atoms with Gasteiger partial charge in [-0.25, -0.2) is 8.42 Å². The summed E-state index contributed by atoms with van der Waals surface area (Å²) < 4.78 is 27.7. The van der Waals surface area contributed by atoms with Crippen molar-refractivity contribution in [2.45, 2.75) is 37.1 Å². The molecule has 1 unspecified atom stereocenters. The normalized spacial score (nSPS) is 21.5. The molecule has 106 valence electrons. The lowest BCUT2D eigenvalue weighted by Crippen LogP contribution is -2.49. The van der Waals surface area contributed by atoms with E-state index in [1.54, 1.807) is 6.07 Å². The van der Waals surface area contributed by atoms with Crippen LogP contribution in [0.15, 0.2) is 14.7 Å². The van der Waals surface area contributed by atoms with Crippen LogP contribution in [0.1, 0.15) is 24.1 Å². The second-order valence-corrected chi connectivity index (χ2v) is 9.47. The third-order valence-electron chi connectivity index (χ3n) is 3.21. The summed E-state index contributed by atoms with van der Waals surface area (Å²) in [5.41, 5.74) is 5.69. The molecule has 8 heteroatoms. The highest BCUT2D eigenvalue weighted by atomic mass is 79.9. The summed E-state index contributed by atoms with van der Waals surface area (Å²) in [5.74, 6) is 0. The highest BCUT2D eigenvalue weighted by Gasteiger charge is 2.36. The molecule has 0 aromatic carbocycles. The molecule has 1 aliphatic heterocycles. The van der Waals surface area contributed by atoms with Crippen LogP contribution in [0.4, 0.5) is 0 Å². The molecule has 1 aliphatic rings. The molecule has 2 heterocycles. The van der Waals surface area contributed by atoms with Crippen molar-refractivity contribution in [3.8, 4) is 0 Å². The second kappa shape index (κ2) is 5.77. The molecule has 4 nitrogen and oxygen atoms in total. The lowest BCUT2D eigenvalue weighted by molar-refractivity contribution is 0.306. The number of hydrogen-bond acceptors (Lipinski definition) is 4. The van der Waals surface area contributed by atoms with Crippen molar-refractivity contribution in [3.05, 3.63) is 14.7 Å². The van der Waals surface area contributed by atoms with Gasteiger partial charge in [-0.05, 0) is 41.8 Å². The molecule has 1 aromatic heterocycles. The first kappa shape index (κ1) is 15.4. The minimum absolute atomic E-state index is 0.259. The van der Waals surface area contributed by atoms with Crippen molar-refractivity contribution >= 4 is 54.5 Å². The summed E-state index contributed by atoms with van der Waals surface area (Å²) in [7, 11) is -3.52. The fraction of sp³-hybridized carbons (Fsp3) is 0.545. The number of hydrogen-bond donors (Lipinski definition) is 1. The Labute approximate surface area is 131 Å². The molecule has 1 fully saturated rings. The van der Waals surface area contributed by atoms with Gasteiger partial charge in [0.2, 0.25) is 10.0 Å². The number of nitrogens with two attached hydrogens (primary N) is 1. The van der Waals surface area contributed by atoms with Crippen molar-refractivity contribution in [2.24, 2.45) is 5.73 Å². The van der Waals surface area contributed by atoms with E-state index in [1.165, 1.54) is 15.6 Å². The van der Waals surface area contributed by atoms with Crippen LogP contribution >= 0.6 is 39.5 Å². The number of rotatable bonds is 3. The zero-order valence-electron chi connectivity index (χ0n) is 10.4. The molecule has 0 saturated carbocycles. The number of aryl methyl sites for hydroxylation is 1. The monoisotopic (exact) mass is 382 g/mol. The summed E-state index contributed by atoms with van der Waals surface area (Å²) in [6.07, 6.45) is 2.52. The SMILES string of the molecule is Cc1sc(Br)cc1S(=O)(=O)N1CCCCC1C(N)=S. The smallest absolute Gasteiger partial charge is 0.244 e. The Morgan fingerprint density at radius 3 is 2.79 bits per heavy atom. The van der Waals surface area contributed by atoms with E-state index in [2.05, 4.69) is 15.9 Å². The average molecular weight is 383 g/mol. The molecular weight excluding hydrogens is 368 g/mol. The summed E-state index contributed by atoms with van der Waals surface area (Å²) >= 11 is 9.76. The minimum Gasteiger partial charge on any atom is -0.392 e. The zero-order valence-corrected chi connectivity index (χ0v) is 14.5. The fourth-order valence-electron chi connectivity index (χ4n) is 2.29. The molecule has 1 saturated heterocycles. The number of nitrogens with zero attached hydrogens (tertiary/aromatic N) is 1. The van der Waals surface area contributed by atoms with Gasteiger partial charge in [0.25, 0.3) is 0 Å². The van der Waals surface area contributed by atoms with Crippen LogP contribution in [0, 0.1) is 6.92 Å². The largest absolute Gasteiger partial charge is 0.392 e. The Bertz CT molecular complexity index is 597. The lowest BCUT2D eigenvalue weighted by atomic mass is 10.1. The van der Waals surface area contributed by atoms with Crippen LogP contribution < -0.4 is 5.73 Å². The standard InChI is InChI=1S/C11H15BrN2O2S3/c1-7-9(6-10(12)18-7)19(15,16)14-5-3-2-4-8(14)11(13)17/h6,8H,2-5H2,1H3,(H2,13,17). The van der Waals surface area contributed by atoms with E-state index in [9.17, 15) is 8.42 Å². The topological polar surface area (TPSA) is 63.4 Å². The molecule has 0 spiro atoms. The van der Waals surface area contributed by atoms with Gasteiger partial charge in [-0.3, -0.25) is 0 Å². The number of piperidine rings is 1. The van der Waals surface area contributed by atoms with Gasteiger partial charge < -0.3 is 5.73 Å². The van der Waals surface area contributed by atoms with Crippen molar-refractivity contribution in [3.63, 3.8) is 0 Å². The number of sulfonamides is 1. The Morgan fingerprint density at radius 2 is 2.26 bits per heavy atom. The Balaban J connectivity index is 2.43. The van der Waals surface area contributed by atoms with Gasteiger partial charge >= 0.3 is 0 Å². The van der Waals surface area contributed by atoms with Crippen molar-refractivity contribution < 1.29 is 8.42 Å². The number of halogens is 1. The second-order valence-electron chi connectivity index (χ2n) is 4.50. The van der Waals surface area contributed by atoms with E-state index in [-0.39, 0.29) is 11.0 Å². The van der Waals surface area contributed by atoms with E-state index in [1.807, 2.05) is 6.92 Å². The maximum atomic E-state index is 12.7. The lowest BCUT2D eigenvalue weighted by Gasteiger charge is -2.33. The fourth-order valence-corrected chi connectivity index (χ4v) is 6.66. The van der Waals surface area contributed by atoms with E-state index in [4.69, 9.17) is 18.0 Å². The maximum absolute atomic E-state index is 12.7. The summed E-state index contributed by atoms with van der Waals surface area (Å²) in [6, 6.07) is 1.30. The molecule has 0 amide bonds. The quantitative estimate of drug-likeness (QED) is 0.816. The molecule has 1 atom stereocenters. The molecule has 2 rings (SSSR count). The molecule has 0 aliphatic carbocycles. The highest BCUT2D eigenvalue weighted by Crippen LogP contribution is 2.33. The van der Waals surface area contributed by atoms with Gasteiger partial charge in [-0.15, -0.1) is 11.3 Å². The first-order valence-electron chi connectivity index (χ1n) is 5.91. The third-order valence-corrected chi connectivity index (χ3v) is 7.20. The highest BCUT2D eigenvalue weighted by molar-refractivity contribution is 9.11. The van der Waals surface area contributed by atoms with E-state index < -0.39 is 10.0 Å². The maximum Gasteiger partial charge on any atom is 0.244 e. The van der Waals surface area contributed by atoms with Gasteiger partial charge in [-0.2, -0.15) is 4.31 Å². The van der Waals surface area contributed by atoms with Crippen LogP contribution in [0.25, 0.3) is 0 Å². The summed E-state index contributed by atoms with van der Waals surface area (Å²) in [5, 5.41) is 0. The van der Waals surface area contributed by atoms with Crippen molar-refractivity contribution in [2.75, 3.05) is 6.54 Å². The first-order chi connectivity index (χ1) is 8.84. The van der Waals surface area contributed by atoms with Gasteiger partial charge in [0.05, 0.1) is 19.7 Å². The molecule has 0 radical (unpaired) electrons. The predicted octanol–water partition coefficient (Wildman–Crippen LogP) is 2.65. The van der Waals surface area contributed by atoms with Gasteiger partial charge in [-0.1, -0.05) is 18.6 Å². The first-order valence-corrected chi connectivity index (χ1v) is 9.37. The Hall–Kier alpha value is -0.0200. The van der Waals surface area contributed by atoms with Gasteiger partial charge in [0, 0.05) is 11.4 Å². The van der Waals surface area contributed by atoms with Crippen molar-refractivity contribution in [1.29, 1.82) is 0 Å². The van der Waals surface area contributed by atoms with Crippen LogP contribution in [-0.2, 0) is 10.0 Å². The van der Waals surface area contributed by atoms with Gasteiger partial charge in [0.1, 0.15) is 0 Å². The van der Waals surface area contributed by atoms with E-state index >= 15 is 0 Å². The van der Waals surface area contributed by atoms with Crippen LogP contribution in [0.5, 0.6) is 0 Å². The molecular formula is C11H15BrN2O2S3. The molecule has 0 bridgehead atoms. The van der Waals surface area contributed by atoms with E-state index in [0.29, 0.717) is 17.9 Å². The van der Waals surface area contributed by atoms with Crippen LogP contribution in [-0.4, -0.2) is 30.3 Å². The van der Waals surface area contributed by atoms with Crippen LogP contribution in [0.3, 0.4) is 0 Å². The van der Waals surface area contributed by atoms with Crippen LogP contribution in [0.2, 0.25) is 0 Å². The molecule has 1 aromatic rings. The van der Waals surface area contributed by atoms with Crippen molar-refractivity contribution in [1.82, 2.24) is 4.31 Å². The number of thiophene rings is 1. The predicted molar refractivity (Wildman–Crippen MR) is 85.1 cm³/mol. The minimum atomic E-state index is -3.52. The molecule has 19 heavy (non-hydrogen) atoms. The number of thiocarbonyl (C=S) groups is 1. The van der Waals surface area contributed by atoms with Gasteiger partial charge in [0.15, 0.2) is 0 Å². The average Bonchev–Trinajstić information content (AvgIpc) is 2.69. The van der Waals surface area contributed by atoms with E-state index in [0.717, 1.165) is 21.5 Å².